The zero-order chi connectivity index (χ0) is 22.7. The number of fused-ring (bicyclic) bond motifs is 12. The molecule has 1 heteroatoms. The van der Waals surface area contributed by atoms with E-state index in [1.807, 2.05) is 0 Å². The molecule has 35 heavy (non-hydrogen) atoms. The van der Waals surface area contributed by atoms with E-state index < -0.39 is 0 Å². The Balaban J connectivity index is 1.34. The summed E-state index contributed by atoms with van der Waals surface area (Å²) < 4.78 is 0. The number of rotatable bonds is 0. The fraction of sp³-hybridized carbons (Fsp3) is 0.118. The highest BCUT2D eigenvalue weighted by Gasteiger charge is 2.37. The molecule has 0 N–H and O–H groups in total. The van der Waals surface area contributed by atoms with Gasteiger partial charge in [0.2, 0.25) is 0 Å². The first-order valence-corrected chi connectivity index (χ1v) is 12.7. The summed E-state index contributed by atoms with van der Waals surface area (Å²) in [6.45, 7) is 0. The average molecular weight is 446 g/mol. The second-order valence-electron chi connectivity index (χ2n) is 10.5. The summed E-state index contributed by atoms with van der Waals surface area (Å²) in [7, 11) is 0. The van der Waals surface area contributed by atoms with Gasteiger partial charge in [-0.05, 0) is 97.8 Å². The van der Waals surface area contributed by atoms with Crippen molar-refractivity contribution < 1.29 is 0 Å². The lowest BCUT2D eigenvalue weighted by atomic mass is 9.81. The van der Waals surface area contributed by atoms with Crippen molar-refractivity contribution in [2.75, 3.05) is 4.90 Å². The highest BCUT2D eigenvalue weighted by molar-refractivity contribution is 5.95. The molecule has 0 unspecified atom stereocenters. The standard InChI is InChI=1S/C34H23N/c1-4-10-24-20(7-1)15-28-26(24)13-14-33-30(28)19-23-18-27-25-11-5-2-8-21(25)16-29(27)31-17-22-9-3-6-12-32(22)35(33)34(23)31/h1-14,18H,15-17,19H2. The van der Waals surface area contributed by atoms with Crippen molar-refractivity contribution in [3.05, 3.63) is 136 Å². The molecule has 2 aliphatic carbocycles. The summed E-state index contributed by atoms with van der Waals surface area (Å²) in [5.41, 5.74) is 21.9. The van der Waals surface area contributed by atoms with Crippen LogP contribution in [0.15, 0.2) is 91.0 Å². The minimum atomic E-state index is 1.02. The summed E-state index contributed by atoms with van der Waals surface area (Å²) in [5, 5.41) is 0. The lowest BCUT2D eigenvalue weighted by molar-refractivity contribution is 0.983. The monoisotopic (exact) mass is 445 g/mol. The molecule has 2 aliphatic heterocycles. The molecular weight excluding hydrogens is 422 g/mol. The van der Waals surface area contributed by atoms with Gasteiger partial charge < -0.3 is 4.90 Å². The SMILES string of the molecule is c1ccc2c(c1)Cc1c-2ccc2c1Cc1cc3c(c4c1N2c1ccccc1C4)Cc1ccccc1-3. The normalized spacial score (nSPS) is 14.9. The lowest BCUT2D eigenvalue weighted by Gasteiger charge is -2.41. The third-order valence-corrected chi connectivity index (χ3v) is 8.79. The van der Waals surface area contributed by atoms with E-state index in [1.165, 1.54) is 72.7 Å². The minimum Gasteiger partial charge on any atom is -0.309 e. The molecule has 0 aromatic heterocycles. The van der Waals surface area contributed by atoms with Gasteiger partial charge in [0.1, 0.15) is 0 Å². The van der Waals surface area contributed by atoms with Gasteiger partial charge in [-0.25, -0.2) is 0 Å². The van der Waals surface area contributed by atoms with Crippen LogP contribution in [0, 0.1) is 0 Å². The Bertz CT molecular complexity index is 1760. The van der Waals surface area contributed by atoms with E-state index in [4.69, 9.17) is 0 Å². The molecular formula is C34H23N. The second kappa shape index (κ2) is 6.31. The van der Waals surface area contributed by atoms with Crippen molar-refractivity contribution in [2.45, 2.75) is 25.7 Å². The van der Waals surface area contributed by atoms with Crippen LogP contribution >= 0.6 is 0 Å². The van der Waals surface area contributed by atoms with Crippen LogP contribution in [-0.2, 0) is 25.7 Å². The van der Waals surface area contributed by atoms with Crippen LogP contribution in [0.5, 0.6) is 0 Å². The number of nitrogens with zero attached hydrogens (tertiary/aromatic N) is 1. The number of anilines is 3. The number of hydrogen-bond acceptors (Lipinski definition) is 1. The Hall–Kier alpha value is -4.10. The molecule has 0 bridgehead atoms. The number of hydrogen-bond donors (Lipinski definition) is 0. The summed E-state index contributed by atoms with van der Waals surface area (Å²) in [5.74, 6) is 0. The van der Waals surface area contributed by atoms with Crippen LogP contribution in [-0.4, -0.2) is 0 Å². The molecule has 5 aromatic rings. The highest BCUT2D eigenvalue weighted by Crippen LogP contribution is 2.56. The Morgan fingerprint density at radius 2 is 1.00 bits per heavy atom. The topological polar surface area (TPSA) is 3.24 Å². The van der Waals surface area contributed by atoms with Gasteiger partial charge in [0.25, 0.3) is 0 Å². The number of para-hydroxylation sites is 1. The van der Waals surface area contributed by atoms with Crippen molar-refractivity contribution in [1.29, 1.82) is 0 Å². The molecule has 2 heterocycles. The lowest BCUT2D eigenvalue weighted by Crippen LogP contribution is -2.26. The fourth-order valence-electron chi connectivity index (χ4n) is 7.30. The first-order chi connectivity index (χ1) is 17.3. The van der Waals surface area contributed by atoms with Crippen LogP contribution in [0.1, 0.15) is 44.5 Å². The molecule has 1 nitrogen and oxygen atoms in total. The maximum atomic E-state index is 2.61. The van der Waals surface area contributed by atoms with Crippen molar-refractivity contribution in [1.82, 2.24) is 0 Å². The van der Waals surface area contributed by atoms with Crippen LogP contribution in [0.3, 0.4) is 0 Å². The number of benzene rings is 5. The van der Waals surface area contributed by atoms with E-state index in [2.05, 4.69) is 95.9 Å². The van der Waals surface area contributed by atoms with Gasteiger partial charge in [0.15, 0.2) is 0 Å². The molecule has 0 fully saturated rings. The average Bonchev–Trinajstić information content (AvgIpc) is 3.47. The van der Waals surface area contributed by atoms with Gasteiger partial charge in [0, 0.05) is 18.5 Å². The fourth-order valence-corrected chi connectivity index (χ4v) is 7.30. The van der Waals surface area contributed by atoms with Gasteiger partial charge >= 0.3 is 0 Å². The zero-order valence-electron chi connectivity index (χ0n) is 19.4. The van der Waals surface area contributed by atoms with Crippen LogP contribution in [0.4, 0.5) is 17.1 Å². The van der Waals surface area contributed by atoms with E-state index in [1.54, 1.807) is 11.1 Å². The predicted octanol–water partition coefficient (Wildman–Crippen LogP) is 8.11. The van der Waals surface area contributed by atoms with Gasteiger partial charge in [-0.15, -0.1) is 0 Å². The molecule has 0 saturated heterocycles. The second-order valence-corrected chi connectivity index (χ2v) is 10.5. The van der Waals surface area contributed by atoms with Gasteiger partial charge in [0.05, 0.1) is 11.4 Å². The Morgan fingerprint density at radius 1 is 0.400 bits per heavy atom. The van der Waals surface area contributed by atoms with Gasteiger partial charge in [-0.2, -0.15) is 0 Å². The molecule has 4 aliphatic rings. The molecule has 0 amide bonds. The van der Waals surface area contributed by atoms with Crippen LogP contribution in [0.2, 0.25) is 0 Å². The van der Waals surface area contributed by atoms with Gasteiger partial charge in [-0.3, -0.25) is 0 Å². The zero-order valence-corrected chi connectivity index (χ0v) is 19.4. The van der Waals surface area contributed by atoms with Crippen molar-refractivity contribution in [3.8, 4) is 22.3 Å². The van der Waals surface area contributed by atoms with E-state index in [-0.39, 0.29) is 0 Å². The smallest absolute Gasteiger partial charge is 0.0535 e. The molecule has 0 atom stereocenters. The van der Waals surface area contributed by atoms with Crippen LogP contribution in [0.25, 0.3) is 22.3 Å². The Labute approximate surface area is 205 Å². The summed E-state index contributed by atoms with van der Waals surface area (Å²) >= 11 is 0. The highest BCUT2D eigenvalue weighted by atomic mass is 15.2. The van der Waals surface area contributed by atoms with E-state index >= 15 is 0 Å². The van der Waals surface area contributed by atoms with Crippen molar-refractivity contribution in [2.24, 2.45) is 0 Å². The largest absolute Gasteiger partial charge is 0.309 e. The van der Waals surface area contributed by atoms with E-state index in [9.17, 15) is 0 Å². The third-order valence-electron chi connectivity index (χ3n) is 8.79. The Kier molecular flexibility index (Phi) is 3.29. The molecule has 9 rings (SSSR count). The maximum Gasteiger partial charge on any atom is 0.0535 e. The molecule has 0 radical (unpaired) electrons. The van der Waals surface area contributed by atoms with Crippen LogP contribution < -0.4 is 4.90 Å². The first-order valence-electron chi connectivity index (χ1n) is 12.7. The molecule has 164 valence electrons. The third kappa shape index (κ3) is 2.24. The van der Waals surface area contributed by atoms with E-state index in [0.29, 0.717) is 0 Å². The summed E-state index contributed by atoms with van der Waals surface area (Å²) in [6.07, 6.45) is 4.14. The molecule has 5 aromatic carbocycles. The van der Waals surface area contributed by atoms with Crippen molar-refractivity contribution in [3.63, 3.8) is 0 Å². The molecule has 0 spiro atoms. The quantitative estimate of drug-likeness (QED) is 0.228. The van der Waals surface area contributed by atoms with Crippen molar-refractivity contribution >= 4 is 17.1 Å². The first kappa shape index (κ1) is 18.3. The molecule has 0 saturated carbocycles. The van der Waals surface area contributed by atoms with Gasteiger partial charge in [-0.1, -0.05) is 72.8 Å². The minimum absolute atomic E-state index is 1.02. The van der Waals surface area contributed by atoms with E-state index in [0.717, 1.165) is 25.7 Å². The Morgan fingerprint density at radius 3 is 1.80 bits per heavy atom. The predicted molar refractivity (Wildman–Crippen MR) is 143 cm³/mol. The summed E-state index contributed by atoms with van der Waals surface area (Å²) in [6, 6.07) is 34.3. The summed E-state index contributed by atoms with van der Waals surface area (Å²) in [4.78, 5) is 2.61. The maximum absolute atomic E-state index is 2.61.